The van der Waals surface area contributed by atoms with Crippen molar-refractivity contribution in [3.63, 3.8) is 0 Å². The monoisotopic (exact) mass is 453 g/mol. The van der Waals surface area contributed by atoms with Crippen LogP contribution in [0.5, 0.6) is 11.5 Å². The number of aromatic hydroxyl groups is 1. The van der Waals surface area contributed by atoms with E-state index in [2.05, 4.69) is 22.0 Å². The van der Waals surface area contributed by atoms with E-state index < -0.39 is 8.25 Å². The molecular weight excluding hydrogens is 421 g/mol. The number of methoxy groups -OCH3 is 1. The topological polar surface area (TPSA) is 88.0 Å². The molecule has 0 aliphatic carbocycles. The van der Waals surface area contributed by atoms with Gasteiger partial charge in [0.1, 0.15) is 11.5 Å². The van der Waals surface area contributed by atoms with Crippen molar-refractivity contribution in [2.75, 3.05) is 26.0 Å². The summed E-state index contributed by atoms with van der Waals surface area (Å²) in [6.45, 7) is 1.59. The highest BCUT2D eigenvalue weighted by atomic mass is 32.2. The zero-order chi connectivity index (χ0) is 21.6. The molecule has 0 radical (unpaired) electrons. The van der Waals surface area contributed by atoms with E-state index in [1.165, 1.54) is 5.56 Å². The Morgan fingerprint density at radius 1 is 1.03 bits per heavy atom. The number of aryl methyl sites for hydroxylation is 1. The molecule has 0 fully saturated rings. The van der Waals surface area contributed by atoms with Gasteiger partial charge in [-0.2, -0.15) is 0 Å². The Hall–Kier alpha value is -1.50. The number of benzene rings is 2. The molecule has 0 amide bonds. The second-order valence-electron chi connectivity index (χ2n) is 6.95. The van der Waals surface area contributed by atoms with Gasteiger partial charge in [-0.05, 0) is 73.4 Å². The van der Waals surface area contributed by atoms with Gasteiger partial charge in [0.2, 0.25) is 0 Å². The van der Waals surface area contributed by atoms with Crippen molar-refractivity contribution in [1.29, 1.82) is 0 Å². The number of phenolic OH excluding ortho intramolecular Hbond substituents is 1. The minimum absolute atomic E-state index is 0.266. The van der Waals surface area contributed by atoms with Gasteiger partial charge in [-0.1, -0.05) is 24.6 Å². The number of nitrogens with one attached hydrogen (secondary N) is 1. The first-order chi connectivity index (χ1) is 14.6. The van der Waals surface area contributed by atoms with E-state index in [1.807, 2.05) is 24.3 Å². The van der Waals surface area contributed by atoms with E-state index in [1.54, 1.807) is 24.9 Å². The van der Waals surface area contributed by atoms with Crippen LogP contribution in [0.15, 0.2) is 47.4 Å². The van der Waals surface area contributed by atoms with Crippen molar-refractivity contribution in [2.45, 2.75) is 43.5 Å². The Bertz CT molecular complexity index is 773. The van der Waals surface area contributed by atoms with Gasteiger partial charge < -0.3 is 24.6 Å². The van der Waals surface area contributed by atoms with Gasteiger partial charge in [-0.3, -0.25) is 4.57 Å². The van der Waals surface area contributed by atoms with Crippen LogP contribution in [0.2, 0.25) is 0 Å². The van der Waals surface area contributed by atoms with Gasteiger partial charge in [0, 0.05) is 11.4 Å². The second-order valence-corrected chi connectivity index (χ2v) is 8.91. The molecule has 2 aromatic rings. The SMILES string of the molecule is COc1ccc(CCCCCSc2ccc(CNCCCO[PH](=O)O)cc2O)cc1. The van der Waals surface area contributed by atoms with Crippen LogP contribution in [-0.2, 0) is 22.1 Å². The highest BCUT2D eigenvalue weighted by Crippen LogP contribution is 2.30. The van der Waals surface area contributed by atoms with E-state index in [0.717, 1.165) is 47.6 Å². The molecule has 30 heavy (non-hydrogen) atoms. The first-order valence-electron chi connectivity index (χ1n) is 10.2. The summed E-state index contributed by atoms with van der Waals surface area (Å²) in [5.41, 5.74) is 2.34. The maximum Gasteiger partial charge on any atom is 0.316 e. The lowest BCUT2D eigenvalue weighted by molar-refractivity contribution is 0.276. The summed E-state index contributed by atoms with van der Waals surface area (Å²) in [5, 5.41) is 13.5. The zero-order valence-corrected chi connectivity index (χ0v) is 19.2. The molecule has 3 N–H and O–H groups in total. The van der Waals surface area contributed by atoms with Crippen LogP contribution in [-0.4, -0.2) is 36.0 Å². The molecule has 0 aromatic heterocycles. The Labute approximate surface area is 184 Å². The summed E-state index contributed by atoms with van der Waals surface area (Å²) >= 11 is 1.69. The van der Waals surface area contributed by atoms with E-state index >= 15 is 0 Å². The minimum atomic E-state index is -2.83. The Morgan fingerprint density at radius 3 is 2.50 bits per heavy atom. The third-order valence-corrected chi connectivity index (χ3v) is 6.20. The number of thioether (sulfide) groups is 1. The van der Waals surface area contributed by atoms with Gasteiger partial charge in [0.05, 0.1) is 13.7 Å². The average molecular weight is 454 g/mol. The van der Waals surface area contributed by atoms with Crippen molar-refractivity contribution in [3.05, 3.63) is 53.6 Å². The van der Waals surface area contributed by atoms with Crippen molar-refractivity contribution in [1.82, 2.24) is 5.32 Å². The number of hydrogen-bond acceptors (Lipinski definition) is 6. The maximum absolute atomic E-state index is 10.4. The molecule has 0 heterocycles. The molecule has 2 aromatic carbocycles. The van der Waals surface area contributed by atoms with Crippen molar-refractivity contribution >= 4 is 20.0 Å². The predicted molar refractivity (Wildman–Crippen MR) is 123 cm³/mol. The average Bonchev–Trinajstić information content (AvgIpc) is 2.74. The Morgan fingerprint density at radius 2 is 1.80 bits per heavy atom. The van der Waals surface area contributed by atoms with Gasteiger partial charge >= 0.3 is 8.25 Å². The number of hydrogen-bond donors (Lipinski definition) is 3. The van der Waals surface area contributed by atoms with Crippen LogP contribution in [0, 0.1) is 0 Å². The molecule has 0 saturated heterocycles. The summed E-state index contributed by atoms with van der Waals surface area (Å²) in [7, 11) is -1.15. The fourth-order valence-corrected chi connectivity index (χ4v) is 4.23. The van der Waals surface area contributed by atoms with Crippen LogP contribution < -0.4 is 10.1 Å². The highest BCUT2D eigenvalue weighted by Gasteiger charge is 2.04. The standard InChI is InChI=1S/C22H32NO5PS/c1-27-20-10-7-18(8-11-20)6-3-2-4-15-30-22-12-9-19(16-21(22)24)17-23-13-5-14-28-29(25)26/h7-12,16,23-24,29H,2-6,13-15,17H2,1H3,(H,25,26). The van der Waals surface area contributed by atoms with Gasteiger partial charge in [-0.15, -0.1) is 11.8 Å². The van der Waals surface area contributed by atoms with Gasteiger partial charge in [0.15, 0.2) is 0 Å². The van der Waals surface area contributed by atoms with Crippen molar-refractivity contribution < 1.29 is 23.8 Å². The van der Waals surface area contributed by atoms with E-state index in [4.69, 9.17) is 9.63 Å². The molecule has 0 saturated carbocycles. The second kappa shape index (κ2) is 14.5. The number of unbranched alkanes of at least 4 members (excludes halogenated alkanes) is 2. The number of ether oxygens (including phenoxy) is 1. The Kier molecular flexibility index (Phi) is 12.0. The molecule has 166 valence electrons. The minimum Gasteiger partial charge on any atom is -0.507 e. The van der Waals surface area contributed by atoms with Crippen LogP contribution >= 0.6 is 20.0 Å². The van der Waals surface area contributed by atoms with Crippen molar-refractivity contribution in [2.24, 2.45) is 0 Å². The lowest BCUT2D eigenvalue weighted by Crippen LogP contribution is -2.15. The van der Waals surface area contributed by atoms with Crippen LogP contribution in [0.4, 0.5) is 0 Å². The van der Waals surface area contributed by atoms with Crippen LogP contribution in [0.25, 0.3) is 0 Å². The molecule has 1 unspecified atom stereocenters. The molecule has 1 atom stereocenters. The summed E-state index contributed by atoms with van der Waals surface area (Å²) in [6.07, 6.45) is 5.17. The highest BCUT2D eigenvalue weighted by molar-refractivity contribution is 7.99. The summed E-state index contributed by atoms with van der Waals surface area (Å²) < 4.78 is 20.3. The first kappa shape index (κ1) is 24.8. The fourth-order valence-electron chi connectivity index (χ4n) is 2.97. The number of rotatable bonds is 15. The van der Waals surface area contributed by atoms with E-state index in [0.29, 0.717) is 25.3 Å². The molecule has 6 nitrogen and oxygen atoms in total. The summed E-state index contributed by atoms with van der Waals surface area (Å²) in [6, 6.07) is 14.0. The van der Waals surface area contributed by atoms with E-state index in [-0.39, 0.29) is 6.61 Å². The molecule has 0 aliphatic heterocycles. The summed E-state index contributed by atoms with van der Waals surface area (Å²) in [5.74, 6) is 2.20. The van der Waals surface area contributed by atoms with Gasteiger partial charge in [-0.25, -0.2) is 0 Å². The van der Waals surface area contributed by atoms with E-state index in [9.17, 15) is 9.67 Å². The predicted octanol–water partition coefficient (Wildman–Crippen LogP) is 4.78. The molecule has 0 aliphatic rings. The normalized spacial score (nSPS) is 12.1. The maximum atomic E-state index is 10.4. The third kappa shape index (κ3) is 10.0. The third-order valence-electron chi connectivity index (χ3n) is 4.60. The molecule has 2 rings (SSSR count). The zero-order valence-electron chi connectivity index (χ0n) is 17.4. The summed E-state index contributed by atoms with van der Waals surface area (Å²) in [4.78, 5) is 9.49. The van der Waals surface area contributed by atoms with Crippen molar-refractivity contribution in [3.8, 4) is 11.5 Å². The van der Waals surface area contributed by atoms with Crippen LogP contribution in [0.3, 0.4) is 0 Å². The molecule has 8 heteroatoms. The molecular formula is C22H32NO5PS. The first-order valence-corrected chi connectivity index (χ1v) is 12.5. The lowest BCUT2D eigenvalue weighted by Gasteiger charge is -2.09. The van der Waals surface area contributed by atoms with Crippen LogP contribution in [0.1, 0.15) is 36.8 Å². The number of phenols is 1. The Balaban J connectivity index is 1.58. The largest absolute Gasteiger partial charge is 0.507 e. The fraction of sp³-hybridized carbons (Fsp3) is 0.455. The quantitative estimate of drug-likeness (QED) is 0.203. The smallest absolute Gasteiger partial charge is 0.316 e. The lowest BCUT2D eigenvalue weighted by atomic mass is 10.1. The molecule has 0 spiro atoms. The van der Waals surface area contributed by atoms with Gasteiger partial charge in [0.25, 0.3) is 0 Å². The molecule has 0 bridgehead atoms.